The van der Waals surface area contributed by atoms with Crippen molar-refractivity contribution in [3.05, 3.63) is 22.7 Å². The second-order valence-electron chi connectivity index (χ2n) is 5.27. The summed E-state index contributed by atoms with van der Waals surface area (Å²) in [5.74, 6) is 0. The molecule has 0 heterocycles. The molecule has 0 aliphatic heterocycles. The van der Waals surface area contributed by atoms with Gasteiger partial charge in [-0.25, -0.2) is 26.3 Å². The number of sulfonamides is 2. The Hall–Kier alpha value is -0.680. The number of nitrogen functional groups attached to an aromatic ring is 1. The largest absolute Gasteiger partial charge is 0.398 e. The Labute approximate surface area is 133 Å². The zero-order chi connectivity index (χ0) is 16.5. The molecule has 1 aromatic rings. The molecule has 0 atom stereocenters. The van der Waals surface area contributed by atoms with E-state index in [9.17, 15) is 16.8 Å². The minimum atomic E-state index is -3.76. The van der Waals surface area contributed by atoms with E-state index in [2.05, 4.69) is 25.4 Å². The molecule has 1 rings (SSSR count). The van der Waals surface area contributed by atoms with Gasteiger partial charge in [0.25, 0.3) is 0 Å². The second kappa shape index (κ2) is 6.21. The average Bonchev–Trinajstić information content (AvgIpc) is 2.27. The summed E-state index contributed by atoms with van der Waals surface area (Å²) in [5, 5.41) is 0. The molecule has 0 aliphatic carbocycles. The molecule has 0 unspecified atom stereocenters. The van der Waals surface area contributed by atoms with E-state index in [-0.39, 0.29) is 11.4 Å². The van der Waals surface area contributed by atoms with Crippen molar-refractivity contribution in [3.8, 4) is 0 Å². The number of nitrogens with one attached hydrogen (secondary N) is 2. The number of hydrogen-bond donors (Lipinski definition) is 3. The fraction of sp³-hybridized carbons (Fsp3) is 0.455. The minimum absolute atomic E-state index is 0.0405. The zero-order valence-corrected chi connectivity index (χ0v) is 15.1. The van der Waals surface area contributed by atoms with Crippen molar-refractivity contribution in [2.45, 2.75) is 24.3 Å². The van der Waals surface area contributed by atoms with Gasteiger partial charge in [-0.05, 0) is 48.0 Å². The highest BCUT2D eigenvalue weighted by Crippen LogP contribution is 2.23. The van der Waals surface area contributed by atoms with Gasteiger partial charge in [-0.3, -0.25) is 0 Å². The summed E-state index contributed by atoms with van der Waals surface area (Å²) in [6.07, 6.45) is 1.01. The quantitative estimate of drug-likeness (QED) is 0.606. The van der Waals surface area contributed by atoms with Crippen molar-refractivity contribution in [2.75, 3.05) is 18.5 Å². The number of nitrogens with two attached hydrogens (primary N) is 1. The Morgan fingerprint density at radius 1 is 1.24 bits per heavy atom. The molecule has 0 amide bonds. The van der Waals surface area contributed by atoms with Crippen molar-refractivity contribution in [3.63, 3.8) is 0 Å². The van der Waals surface area contributed by atoms with E-state index in [1.807, 2.05) is 0 Å². The molecule has 0 saturated heterocycles. The first-order chi connectivity index (χ1) is 9.32. The zero-order valence-electron chi connectivity index (χ0n) is 11.8. The van der Waals surface area contributed by atoms with Crippen LogP contribution in [0.4, 0.5) is 5.69 Å². The van der Waals surface area contributed by atoms with Crippen molar-refractivity contribution >= 4 is 41.7 Å². The maximum atomic E-state index is 12.2. The van der Waals surface area contributed by atoms with Crippen LogP contribution in [-0.2, 0) is 20.0 Å². The number of hydrogen-bond acceptors (Lipinski definition) is 5. The normalized spacial score (nSPS) is 13.3. The molecule has 7 nitrogen and oxygen atoms in total. The highest BCUT2D eigenvalue weighted by Gasteiger charge is 2.25. The van der Waals surface area contributed by atoms with Crippen molar-refractivity contribution < 1.29 is 16.8 Å². The van der Waals surface area contributed by atoms with Crippen molar-refractivity contribution in [2.24, 2.45) is 0 Å². The Bertz CT molecular complexity index is 730. The summed E-state index contributed by atoms with van der Waals surface area (Å²) in [6, 6.07) is 4.23. The van der Waals surface area contributed by atoms with Crippen LogP contribution in [0.15, 0.2) is 27.6 Å². The van der Waals surface area contributed by atoms with Gasteiger partial charge in [0.1, 0.15) is 0 Å². The van der Waals surface area contributed by atoms with Crippen LogP contribution in [0.5, 0.6) is 0 Å². The molecule has 4 N–H and O–H groups in total. The smallest absolute Gasteiger partial charge is 0.240 e. The van der Waals surface area contributed by atoms with Crippen LogP contribution in [-0.4, -0.2) is 35.2 Å². The van der Waals surface area contributed by atoms with Gasteiger partial charge in [-0.1, -0.05) is 0 Å². The lowest BCUT2D eigenvalue weighted by Gasteiger charge is -2.25. The third-order valence-corrected chi connectivity index (χ3v) is 5.46. The van der Waals surface area contributed by atoms with E-state index >= 15 is 0 Å². The van der Waals surface area contributed by atoms with Gasteiger partial charge in [-0.2, -0.15) is 0 Å². The lowest BCUT2D eigenvalue weighted by Crippen LogP contribution is -2.50. The topological polar surface area (TPSA) is 118 Å². The van der Waals surface area contributed by atoms with E-state index in [0.29, 0.717) is 10.2 Å². The number of benzene rings is 1. The van der Waals surface area contributed by atoms with Crippen LogP contribution >= 0.6 is 15.9 Å². The molecule has 10 heteroatoms. The van der Waals surface area contributed by atoms with Crippen LogP contribution < -0.4 is 15.2 Å². The Kier molecular flexibility index (Phi) is 5.43. The van der Waals surface area contributed by atoms with Gasteiger partial charge >= 0.3 is 0 Å². The fourth-order valence-electron chi connectivity index (χ4n) is 1.57. The van der Waals surface area contributed by atoms with Gasteiger partial charge in [-0.15, -0.1) is 0 Å². The molecular weight excluding hydrogens is 382 g/mol. The minimum Gasteiger partial charge on any atom is -0.398 e. The maximum Gasteiger partial charge on any atom is 0.240 e. The van der Waals surface area contributed by atoms with Gasteiger partial charge in [0.05, 0.1) is 11.2 Å². The first kappa shape index (κ1) is 18.4. The van der Waals surface area contributed by atoms with Gasteiger partial charge in [0, 0.05) is 22.2 Å². The molecule has 1 aromatic carbocycles. The summed E-state index contributed by atoms with van der Waals surface area (Å²) in [6.45, 7) is 3.06. The van der Waals surface area contributed by atoms with Crippen LogP contribution in [0.3, 0.4) is 0 Å². The molecular formula is C11H18BrN3O4S2. The Morgan fingerprint density at radius 2 is 1.81 bits per heavy atom. The van der Waals surface area contributed by atoms with Crippen molar-refractivity contribution in [1.29, 1.82) is 0 Å². The maximum absolute atomic E-state index is 12.2. The summed E-state index contributed by atoms with van der Waals surface area (Å²) < 4.78 is 51.9. The summed E-state index contributed by atoms with van der Waals surface area (Å²) in [4.78, 5) is 0.0405. The van der Waals surface area contributed by atoms with Crippen LogP contribution in [0.2, 0.25) is 0 Å². The van der Waals surface area contributed by atoms with E-state index in [1.165, 1.54) is 18.2 Å². The first-order valence-corrected chi connectivity index (χ1v) is 10.0. The third-order valence-electron chi connectivity index (χ3n) is 2.45. The van der Waals surface area contributed by atoms with E-state index in [1.54, 1.807) is 13.8 Å². The van der Waals surface area contributed by atoms with Crippen LogP contribution in [0, 0.1) is 0 Å². The summed E-state index contributed by atoms with van der Waals surface area (Å²) in [7, 11) is -7.19. The highest BCUT2D eigenvalue weighted by molar-refractivity contribution is 9.10. The molecule has 0 saturated carbocycles. The predicted molar refractivity (Wildman–Crippen MR) is 85.8 cm³/mol. The summed E-state index contributed by atoms with van der Waals surface area (Å²) in [5.41, 5.74) is 5.08. The first-order valence-electron chi connectivity index (χ1n) is 5.86. The second-order valence-corrected chi connectivity index (χ2v) is 9.64. The lowest BCUT2D eigenvalue weighted by molar-refractivity contribution is 0.446. The third kappa shape index (κ3) is 5.91. The SMILES string of the molecule is CC(C)(CNS(=O)(=O)c1ccc(N)c(Br)c1)NS(C)(=O)=O. The van der Waals surface area contributed by atoms with Gasteiger partial charge in [0.15, 0.2) is 0 Å². The fourth-order valence-corrected chi connectivity index (χ4v) is 4.42. The molecule has 0 aliphatic rings. The molecule has 0 radical (unpaired) electrons. The van der Waals surface area contributed by atoms with E-state index in [4.69, 9.17) is 5.73 Å². The number of halogens is 1. The molecule has 0 bridgehead atoms. The van der Waals surface area contributed by atoms with E-state index in [0.717, 1.165) is 6.26 Å². The standard InChI is InChI=1S/C11H18BrN3O4S2/c1-11(2,15-20(3,16)17)7-14-21(18,19)8-4-5-10(13)9(12)6-8/h4-6,14-15H,7,13H2,1-3H3. The predicted octanol–water partition coefficient (Wildman–Crippen LogP) is 0.637. The van der Waals surface area contributed by atoms with Gasteiger partial charge in [0.2, 0.25) is 20.0 Å². The molecule has 0 aromatic heterocycles. The summed E-state index contributed by atoms with van der Waals surface area (Å²) >= 11 is 3.16. The van der Waals surface area contributed by atoms with Crippen LogP contribution in [0.25, 0.3) is 0 Å². The molecule has 0 spiro atoms. The molecule has 120 valence electrons. The average molecular weight is 400 g/mol. The molecule has 21 heavy (non-hydrogen) atoms. The molecule has 0 fully saturated rings. The van der Waals surface area contributed by atoms with Gasteiger partial charge < -0.3 is 5.73 Å². The number of anilines is 1. The van der Waals surface area contributed by atoms with Crippen molar-refractivity contribution in [1.82, 2.24) is 9.44 Å². The lowest BCUT2D eigenvalue weighted by atomic mass is 10.1. The Morgan fingerprint density at radius 3 is 2.29 bits per heavy atom. The van der Waals surface area contributed by atoms with E-state index < -0.39 is 25.6 Å². The monoisotopic (exact) mass is 399 g/mol. The highest BCUT2D eigenvalue weighted by atomic mass is 79.9. The number of rotatable bonds is 6. The van der Waals surface area contributed by atoms with Crippen LogP contribution in [0.1, 0.15) is 13.8 Å². The Balaban J connectivity index is 2.89.